The van der Waals surface area contributed by atoms with E-state index in [0.717, 1.165) is 36.3 Å². The number of amides is 1. The van der Waals surface area contributed by atoms with E-state index in [1.54, 1.807) is 12.1 Å². The van der Waals surface area contributed by atoms with Gasteiger partial charge in [0.05, 0.1) is 11.2 Å². The zero-order chi connectivity index (χ0) is 21.9. The number of carbonyl (C=O) groups excluding carboxylic acids is 1. The number of piperidine rings is 1. The van der Waals surface area contributed by atoms with Crippen molar-refractivity contribution in [3.63, 3.8) is 0 Å². The number of primary amides is 1. The Labute approximate surface area is 187 Å². The van der Waals surface area contributed by atoms with Crippen LogP contribution in [0.2, 0.25) is 0 Å². The molecule has 1 aliphatic rings. The molecule has 4 aromatic rings. The molecule has 1 amide bonds. The summed E-state index contributed by atoms with van der Waals surface area (Å²) in [5, 5.41) is 1.19. The van der Waals surface area contributed by atoms with Gasteiger partial charge in [-0.05, 0) is 66.9 Å². The number of nitrogens with zero attached hydrogens (tertiary/aromatic N) is 3. The molecule has 1 aliphatic heterocycles. The lowest BCUT2D eigenvalue weighted by Gasteiger charge is -2.36. The van der Waals surface area contributed by atoms with E-state index in [1.165, 1.54) is 29.4 Å². The first kappa shape index (κ1) is 20.3. The van der Waals surface area contributed by atoms with Gasteiger partial charge in [0.25, 0.3) is 0 Å². The third-order valence-electron chi connectivity index (χ3n) is 6.30. The third kappa shape index (κ3) is 4.25. The third-order valence-corrected chi connectivity index (χ3v) is 6.30. The number of hydrogen-bond donors (Lipinski definition) is 1. The van der Waals surface area contributed by atoms with Gasteiger partial charge in [0.2, 0.25) is 5.91 Å². The summed E-state index contributed by atoms with van der Waals surface area (Å²) in [4.78, 5) is 23.0. The van der Waals surface area contributed by atoms with Gasteiger partial charge >= 0.3 is 0 Å². The fourth-order valence-electron chi connectivity index (χ4n) is 4.59. The quantitative estimate of drug-likeness (QED) is 0.484. The van der Waals surface area contributed by atoms with Crippen molar-refractivity contribution in [3.05, 3.63) is 95.8 Å². The Morgan fingerprint density at radius 2 is 1.88 bits per heavy atom. The fourth-order valence-corrected chi connectivity index (χ4v) is 4.59. The Hall–Kier alpha value is -3.57. The number of carbonyl (C=O) groups is 1. The average molecular weight is 423 g/mol. The molecule has 0 saturated carbocycles. The van der Waals surface area contributed by atoms with Crippen LogP contribution in [-0.2, 0) is 6.54 Å². The van der Waals surface area contributed by atoms with Crippen LogP contribution in [-0.4, -0.2) is 27.3 Å². The van der Waals surface area contributed by atoms with Crippen LogP contribution >= 0.6 is 0 Å². The molecule has 3 heterocycles. The van der Waals surface area contributed by atoms with E-state index >= 15 is 0 Å². The van der Waals surface area contributed by atoms with Crippen LogP contribution < -0.4 is 5.73 Å². The van der Waals surface area contributed by atoms with Crippen molar-refractivity contribution in [2.24, 2.45) is 5.73 Å². The Morgan fingerprint density at radius 1 is 1.00 bits per heavy atom. The molecule has 5 nitrogen and oxygen atoms in total. The second-order valence-electron chi connectivity index (χ2n) is 8.43. The van der Waals surface area contributed by atoms with Crippen LogP contribution in [0.25, 0.3) is 22.2 Å². The molecule has 2 N–H and O–H groups in total. The molecule has 160 valence electrons. The molecule has 5 heteroatoms. The van der Waals surface area contributed by atoms with Crippen molar-refractivity contribution in [2.45, 2.75) is 31.8 Å². The molecular formula is C27H26N4O. The maximum atomic E-state index is 11.3. The molecule has 0 unspecified atom stereocenters. The summed E-state index contributed by atoms with van der Waals surface area (Å²) in [5.41, 5.74) is 11.3. The highest BCUT2D eigenvalue weighted by molar-refractivity contribution is 5.93. The van der Waals surface area contributed by atoms with Crippen molar-refractivity contribution >= 4 is 16.8 Å². The lowest BCUT2D eigenvalue weighted by molar-refractivity contribution is 0.100. The summed E-state index contributed by atoms with van der Waals surface area (Å²) in [6.07, 6.45) is 7.45. The van der Waals surface area contributed by atoms with Gasteiger partial charge in [0.15, 0.2) is 0 Å². The number of pyridine rings is 2. The zero-order valence-corrected chi connectivity index (χ0v) is 17.9. The smallest absolute Gasteiger partial charge is 0.248 e. The number of aromatic nitrogens is 2. The van der Waals surface area contributed by atoms with Crippen LogP contribution in [0.3, 0.4) is 0 Å². The SMILES string of the molecule is NC(=O)c1ccc(-c2ccc([C@H]3CCCCN3Cc3ccc4ncccc4c3)cn2)cc1. The van der Waals surface area contributed by atoms with Gasteiger partial charge < -0.3 is 5.73 Å². The first-order valence-electron chi connectivity index (χ1n) is 11.1. The van der Waals surface area contributed by atoms with Gasteiger partial charge in [0.1, 0.15) is 0 Å². The van der Waals surface area contributed by atoms with E-state index in [2.05, 4.69) is 46.3 Å². The molecule has 0 radical (unpaired) electrons. The fraction of sp³-hybridized carbons (Fsp3) is 0.222. The van der Waals surface area contributed by atoms with Crippen LogP contribution in [0.1, 0.15) is 46.8 Å². The Kier molecular flexibility index (Phi) is 5.65. The first-order chi connectivity index (χ1) is 15.7. The van der Waals surface area contributed by atoms with E-state index in [4.69, 9.17) is 10.7 Å². The van der Waals surface area contributed by atoms with Crippen LogP contribution in [0.5, 0.6) is 0 Å². The molecule has 1 fully saturated rings. The normalized spacial score (nSPS) is 16.8. The predicted octanol–water partition coefficient (Wildman–Crippen LogP) is 5.12. The Morgan fingerprint density at radius 3 is 2.66 bits per heavy atom. The van der Waals surface area contributed by atoms with Gasteiger partial charge in [-0.2, -0.15) is 0 Å². The molecule has 5 rings (SSSR count). The van der Waals surface area contributed by atoms with Crippen molar-refractivity contribution < 1.29 is 4.79 Å². The molecule has 1 saturated heterocycles. The number of fused-ring (bicyclic) bond motifs is 1. The highest BCUT2D eigenvalue weighted by Gasteiger charge is 2.24. The lowest BCUT2D eigenvalue weighted by Crippen LogP contribution is -2.33. The zero-order valence-electron chi connectivity index (χ0n) is 17.9. The number of rotatable bonds is 5. The number of benzene rings is 2. The van der Waals surface area contributed by atoms with Gasteiger partial charge in [-0.1, -0.05) is 36.8 Å². The van der Waals surface area contributed by atoms with Crippen molar-refractivity contribution in [3.8, 4) is 11.3 Å². The summed E-state index contributed by atoms with van der Waals surface area (Å²) < 4.78 is 0. The maximum Gasteiger partial charge on any atom is 0.248 e. The second kappa shape index (κ2) is 8.89. The van der Waals surface area contributed by atoms with Gasteiger partial charge in [0, 0.05) is 41.5 Å². The summed E-state index contributed by atoms with van der Waals surface area (Å²) in [6, 6.07) is 22.6. The van der Waals surface area contributed by atoms with Crippen LogP contribution in [0, 0.1) is 0 Å². The van der Waals surface area contributed by atoms with E-state index in [0.29, 0.717) is 11.6 Å². The van der Waals surface area contributed by atoms with Gasteiger partial charge in [-0.25, -0.2) is 0 Å². The van der Waals surface area contributed by atoms with Crippen molar-refractivity contribution in [2.75, 3.05) is 6.54 Å². The van der Waals surface area contributed by atoms with Crippen LogP contribution in [0.4, 0.5) is 0 Å². The average Bonchev–Trinajstić information content (AvgIpc) is 2.84. The lowest BCUT2D eigenvalue weighted by atomic mass is 9.95. The highest BCUT2D eigenvalue weighted by atomic mass is 16.1. The second-order valence-corrected chi connectivity index (χ2v) is 8.43. The minimum absolute atomic E-state index is 0.368. The Balaban J connectivity index is 1.35. The molecule has 0 bridgehead atoms. The minimum atomic E-state index is -0.417. The van der Waals surface area contributed by atoms with Gasteiger partial charge in [-0.3, -0.25) is 19.7 Å². The summed E-state index contributed by atoms with van der Waals surface area (Å²) in [6.45, 7) is 2.01. The number of hydrogen-bond acceptors (Lipinski definition) is 4. The summed E-state index contributed by atoms with van der Waals surface area (Å²) in [5.74, 6) is -0.417. The van der Waals surface area contributed by atoms with E-state index in [9.17, 15) is 4.79 Å². The number of likely N-dealkylation sites (tertiary alicyclic amines) is 1. The van der Waals surface area contributed by atoms with Crippen molar-refractivity contribution in [1.82, 2.24) is 14.9 Å². The molecule has 0 aliphatic carbocycles. The Bertz CT molecular complexity index is 1230. The van der Waals surface area contributed by atoms with E-state index < -0.39 is 5.91 Å². The molecule has 2 aromatic heterocycles. The summed E-state index contributed by atoms with van der Waals surface area (Å²) in [7, 11) is 0. The largest absolute Gasteiger partial charge is 0.366 e. The molecular weight excluding hydrogens is 396 g/mol. The molecule has 1 atom stereocenters. The molecule has 32 heavy (non-hydrogen) atoms. The topological polar surface area (TPSA) is 72.1 Å². The van der Waals surface area contributed by atoms with Crippen LogP contribution in [0.15, 0.2) is 79.1 Å². The minimum Gasteiger partial charge on any atom is -0.366 e. The molecule has 0 spiro atoms. The van der Waals surface area contributed by atoms with E-state index in [1.807, 2.05) is 30.6 Å². The molecule has 2 aromatic carbocycles. The first-order valence-corrected chi connectivity index (χ1v) is 11.1. The van der Waals surface area contributed by atoms with Crippen molar-refractivity contribution in [1.29, 1.82) is 0 Å². The van der Waals surface area contributed by atoms with E-state index in [-0.39, 0.29) is 0 Å². The highest BCUT2D eigenvalue weighted by Crippen LogP contribution is 2.33. The monoisotopic (exact) mass is 422 g/mol. The summed E-state index contributed by atoms with van der Waals surface area (Å²) >= 11 is 0. The predicted molar refractivity (Wildman–Crippen MR) is 127 cm³/mol. The standard InChI is InChI=1S/C27H26N4O/c28-27(32)21-9-7-20(8-10-21)24-13-11-23(17-30-24)26-5-1-2-15-31(26)18-19-6-12-25-22(16-19)4-3-14-29-25/h3-4,6-14,16-17,26H,1-2,5,15,18H2,(H2,28,32)/t26-/m1/s1. The number of nitrogens with two attached hydrogens (primary N) is 1. The van der Waals surface area contributed by atoms with Gasteiger partial charge in [-0.15, -0.1) is 0 Å². The maximum absolute atomic E-state index is 11.3.